The number of amides is 2. The molecule has 0 aromatic heterocycles. The lowest BCUT2D eigenvalue weighted by Crippen LogP contribution is -2.53. The first-order chi connectivity index (χ1) is 16.9. The first-order valence-corrected chi connectivity index (χ1v) is 13.6. The predicted molar refractivity (Wildman–Crippen MR) is 139 cm³/mol. The van der Waals surface area contributed by atoms with Gasteiger partial charge in [-0.15, -0.1) is 0 Å². The van der Waals surface area contributed by atoms with Crippen LogP contribution in [0.25, 0.3) is 0 Å². The van der Waals surface area contributed by atoms with Gasteiger partial charge < -0.3 is 10.2 Å². The maximum atomic E-state index is 13.6. The summed E-state index contributed by atoms with van der Waals surface area (Å²) in [6, 6.07) is 11.6. The van der Waals surface area contributed by atoms with E-state index in [0.29, 0.717) is 12.8 Å². The number of sulfonamides is 1. The van der Waals surface area contributed by atoms with Gasteiger partial charge in [-0.3, -0.25) is 24.0 Å². The van der Waals surface area contributed by atoms with Crippen LogP contribution in [0, 0.1) is 17.0 Å². The number of carbonyl (C=O) groups excluding carboxylic acids is 2. The van der Waals surface area contributed by atoms with Crippen LogP contribution in [-0.2, 0) is 26.2 Å². The number of nitro benzene ring substituents is 1. The lowest BCUT2D eigenvalue weighted by atomic mass is 10.1. The number of nitro groups is 1. The van der Waals surface area contributed by atoms with E-state index in [9.17, 15) is 28.1 Å². The van der Waals surface area contributed by atoms with Crippen LogP contribution < -0.4 is 9.62 Å². The highest BCUT2D eigenvalue weighted by Gasteiger charge is 2.32. The van der Waals surface area contributed by atoms with Gasteiger partial charge in [0.05, 0.1) is 16.9 Å². The maximum absolute atomic E-state index is 13.6. The van der Waals surface area contributed by atoms with E-state index in [1.807, 2.05) is 45.0 Å². The molecule has 11 heteroatoms. The normalized spacial score (nSPS) is 12.9. The summed E-state index contributed by atoms with van der Waals surface area (Å²) in [5.41, 5.74) is 1.46. The second-order valence-corrected chi connectivity index (χ2v) is 10.7. The number of anilines is 1. The molecule has 0 aliphatic rings. The molecule has 0 saturated heterocycles. The molecule has 0 spiro atoms. The monoisotopic (exact) mass is 518 g/mol. The summed E-state index contributed by atoms with van der Waals surface area (Å²) < 4.78 is 26.1. The number of rotatable bonds is 12. The number of aryl methyl sites for hydroxylation is 1. The van der Waals surface area contributed by atoms with Gasteiger partial charge in [0.1, 0.15) is 12.6 Å². The highest BCUT2D eigenvalue weighted by molar-refractivity contribution is 7.92. The van der Waals surface area contributed by atoms with Gasteiger partial charge in [0.2, 0.25) is 21.8 Å². The van der Waals surface area contributed by atoms with Crippen molar-refractivity contribution in [2.75, 3.05) is 17.1 Å². The Hall–Kier alpha value is -3.47. The van der Waals surface area contributed by atoms with Gasteiger partial charge in [-0.1, -0.05) is 49.7 Å². The number of hydrogen-bond donors (Lipinski definition) is 1. The molecule has 2 amide bonds. The van der Waals surface area contributed by atoms with Crippen LogP contribution in [0.3, 0.4) is 0 Å². The van der Waals surface area contributed by atoms with Gasteiger partial charge in [-0.25, -0.2) is 8.42 Å². The smallest absolute Gasteiger partial charge is 0.271 e. The Balaban J connectivity index is 2.48. The average molecular weight is 519 g/mol. The fourth-order valence-electron chi connectivity index (χ4n) is 3.74. The van der Waals surface area contributed by atoms with Crippen molar-refractivity contribution in [3.05, 3.63) is 69.8 Å². The van der Waals surface area contributed by atoms with Gasteiger partial charge in [0.25, 0.3) is 5.69 Å². The molecule has 1 N–H and O–H groups in total. The molecule has 0 aliphatic heterocycles. The number of nitrogens with zero attached hydrogens (tertiary/aromatic N) is 3. The zero-order valence-corrected chi connectivity index (χ0v) is 22.1. The standard InChI is InChI=1S/C25H34N4O6S/c1-6-19(4)26-25(31)23(7-2)27(16-20-11-8-10-18(3)14-20)24(30)17-28(36(5,34)35)21-12-9-13-22(15-21)29(32)33/h8-15,19,23H,6-7,16-17H2,1-5H3,(H,26,31). The molecule has 0 radical (unpaired) electrons. The first-order valence-electron chi connectivity index (χ1n) is 11.7. The van der Waals surface area contributed by atoms with Crippen molar-refractivity contribution in [3.63, 3.8) is 0 Å². The summed E-state index contributed by atoms with van der Waals surface area (Å²) in [4.78, 5) is 38.7. The van der Waals surface area contributed by atoms with Crippen LogP contribution >= 0.6 is 0 Å². The summed E-state index contributed by atoms with van der Waals surface area (Å²) in [7, 11) is -3.98. The Morgan fingerprint density at radius 1 is 1.08 bits per heavy atom. The molecule has 2 atom stereocenters. The van der Waals surface area contributed by atoms with Gasteiger partial charge >= 0.3 is 0 Å². The molecule has 36 heavy (non-hydrogen) atoms. The van der Waals surface area contributed by atoms with Crippen LogP contribution in [0.2, 0.25) is 0 Å². The number of benzene rings is 2. The molecule has 0 fully saturated rings. The predicted octanol–water partition coefficient (Wildman–Crippen LogP) is 3.39. The van der Waals surface area contributed by atoms with E-state index >= 15 is 0 Å². The van der Waals surface area contributed by atoms with Crippen molar-refractivity contribution in [1.82, 2.24) is 10.2 Å². The van der Waals surface area contributed by atoms with Crippen molar-refractivity contribution in [2.24, 2.45) is 0 Å². The van der Waals surface area contributed by atoms with Crippen LogP contribution in [0.5, 0.6) is 0 Å². The molecule has 0 aliphatic carbocycles. The molecular formula is C25H34N4O6S. The van der Waals surface area contributed by atoms with Crippen LogP contribution in [0.1, 0.15) is 44.7 Å². The van der Waals surface area contributed by atoms with Gasteiger partial charge in [0, 0.05) is 24.7 Å². The highest BCUT2D eigenvalue weighted by atomic mass is 32.2. The number of hydrogen-bond acceptors (Lipinski definition) is 6. The molecule has 2 aromatic rings. The van der Waals surface area contributed by atoms with E-state index in [4.69, 9.17) is 0 Å². The van der Waals surface area contributed by atoms with Crippen LogP contribution in [0.4, 0.5) is 11.4 Å². The minimum absolute atomic E-state index is 0.00680. The van der Waals surface area contributed by atoms with Gasteiger partial charge in [-0.05, 0) is 38.3 Å². The third-order valence-corrected chi connectivity index (χ3v) is 6.97. The Morgan fingerprint density at radius 2 is 1.75 bits per heavy atom. The Morgan fingerprint density at radius 3 is 2.31 bits per heavy atom. The molecular weight excluding hydrogens is 484 g/mol. The molecule has 196 valence electrons. The fraction of sp³-hybridized carbons (Fsp3) is 0.440. The van der Waals surface area contributed by atoms with E-state index in [-0.39, 0.29) is 29.9 Å². The van der Waals surface area contributed by atoms with Gasteiger partial charge in [0.15, 0.2) is 0 Å². The van der Waals surface area contributed by atoms with Gasteiger partial charge in [-0.2, -0.15) is 0 Å². The van der Waals surface area contributed by atoms with Crippen LogP contribution in [-0.4, -0.2) is 54.9 Å². The second kappa shape index (κ2) is 12.5. The lowest BCUT2D eigenvalue weighted by Gasteiger charge is -2.33. The highest BCUT2D eigenvalue weighted by Crippen LogP contribution is 2.24. The Kier molecular flexibility index (Phi) is 9.97. The van der Waals surface area contributed by atoms with E-state index in [0.717, 1.165) is 27.8 Å². The summed E-state index contributed by atoms with van der Waals surface area (Å²) in [6.07, 6.45) is 1.95. The summed E-state index contributed by atoms with van der Waals surface area (Å²) in [5.74, 6) is -0.923. The summed E-state index contributed by atoms with van der Waals surface area (Å²) in [6.45, 7) is 6.98. The topological polar surface area (TPSA) is 130 Å². The van der Waals surface area contributed by atoms with E-state index in [1.165, 1.54) is 23.1 Å². The van der Waals surface area contributed by atoms with Crippen molar-refractivity contribution in [3.8, 4) is 0 Å². The number of nitrogens with one attached hydrogen (secondary N) is 1. The largest absolute Gasteiger partial charge is 0.352 e. The zero-order valence-electron chi connectivity index (χ0n) is 21.3. The third-order valence-electron chi connectivity index (χ3n) is 5.83. The van der Waals surface area contributed by atoms with E-state index in [2.05, 4.69) is 5.32 Å². The van der Waals surface area contributed by atoms with E-state index < -0.39 is 33.4 Å². The molecule has 0 heterocycles. The number of non-ortho nitro benzene ring substituents is 1. The SMILES string of the molecule is CCC(C)NC(=O)C(CC)N(Cc1cccc(C)c1)C(=O)CN(c1cccc([N+](=O)[O-])c1)S(C)(=O)=O. The van der Waals surface area contributed by atoms with Crippen molar-refractivity contribution in [2.45, 2.75) is 59.2 Å². The van der Waals surface area contributed by atoms with E-state index in [1.54, 1.807) is 6.92 Å². The Bertz CT molecular complexity index is 1200. The summed E-state index contributed by atoms with van der Waals surface area (Å²) >= 11 is 0. The molecule has 10 nitrogen and oxygen atoms in total. The van der Waals surface area contributed by atoms with Crippen molar-refractivity contribution >= 4 is 33.2 Å². The fourth-order valence-corrected chi connectivity index (χ4v) is 4.58. The molecule has 2 unspecified atom stereocenters. The molecule has 2 rings (SSSR count). The number of carbonyl (C=O) groups is 2. The first kappa shape index (κ1) is 28.8. The molecule has 0 saturated carbocycles. The third kappa shape index (κ3) is 7.77. The molecule has 0 bridgehead atoms. The minimum Gasteiger partial charge on any atom is -0.352 e. The van der Waals surface area contributed by atoms with Crippen molar-refractivity contribution < 1.29 is 22.9 Å². The zero-order chi connectivity index (χ0) is 27.0. The minimum atomic E-state index is -3.98. The molecule has 2 aromatic carbocycles. The Labute approximate surface area is 212 Å². The summed E-state index contributed by atoms with van der Waals surface area (Å²) in [5, 5.41) is 14.1. The quantitative estimate of drug-likeness (QED) is 0.339. The lowest BCUT2D eigenvalue weighted by molar-refractivity contribution is -0.384. The van der Waals surface area contributed by atoms with Crippen molar-refractivity contribution in [1.29, 1.82) is 0 Å². The second-order valence-electron chi connectivity index (χ2n) is 8.80. The average Bonchev–Trinajstić information content (AvgIpc) is 2.81. The maximum Gasteiger partial charge on any atom is 0.271 e. The van der Waals surface area contributed by atoms with Crippen LogP contribution in [0.15, 0.2) is 48.5 Å².